The van der Waals surface area contributed by atoms with E-state index in [0.717, 1.165) is 32.5 Å². The Labute approximate surface area is 156 Å². The van der Waals surface area contributed by atoms with Crippen molar-refractivity contribution in [2.24, 2.45) is 11.7 Å². The number of aryl methyl sites for hydroxylation is 1. The van der Waals surface area contributed by atoms with Crippen LogP contribution in [0.2, 0.25) is 6.32 Å². The Balaban J connectivity index is 1.88. The van der Waals surface area contributed by atoms with Crippen LogP contribution in [0.25, 0.3) is 0 Å². The Bertz CT molecular complexity index is 591. The van der Waals surface area contributed by atoms with Crippen LogP contribution in [0.15, 0.2) is 24.3 Å². The fourth-order valence-corrected chi connectivity index (χ4v) is 3.86. The average molecular weight is 362 g/mol. The van der Waals surface area contributed by atoms with Gasteiger partial charge in [-0.25, -0.2) is 0 Å². The van der Waals surface area contributed by atoms with E-state index < -0.39 is 18.6 Å². The van der Waals surface area contributed by atoms with Crippen LogP contribution < -0.4 is 5.73 Å². The van der Waals surface area contributed by atoms with Gasteiger partial charge in [0.15, 0.2) is 0 Å². The molecule has 1 fully saturated rings. The van der Waals surface area contributed by atoms with Gasteiger partial charge in [0.05, 0.1) is 0 Å². The molecule has 1 aromatic rings. The first-order chi connectivity index (χ1) is 12.3. The van der Waals surface area contributed by atoms with E-state index in [-0.39, 0.29) is 12.2 Å². The maximum Gasteiger partial charge on any atom is 0.451 e. The van der Waals surface area contributed by atoms with Crippen LogP contribution in [0.5, 0.6) is 0 Å². The van der Waals surface area contributed by atoms with Crippen LogP contribution >= 0.6 is 0 Å². The van der Waals surface area contributed by atoms with Gasteiger partial charge in [-0.3, -0.25) is 9.69 Å². The molecule has 5 N–H and O–H groups in total. The fourth-order valence-electron chi connectivity index (χ4n) is 3.86. The van der Waals surface area contributed by atoms with Crippen LogP contribution in [-0.2, 0) is 11.3 Å². The molecule has 0 bridgehead atoms. The van der Waals surface area contributed by atoms with Crippen molar-refractivity contribution >= 4 is 13.1 Å². The number of unbranched alkanes of at least 4 members (excludes halogenated alkanes) is 1. The van der Waals surface area contributed by atoms with E-state index in [9.17, 15) is 9.90 Å². The van der Waals surface area contributed by atoms with Crippen LogP contribution in [-0.4, -0.2) is 51.8 Å². The van der Waals surface area contributed by atoms with Crippen molar-refractivity contribution in [3.05, 3.63) is 35.4 Å². The molecule has 0 amide bonds. The van der Waals surface area contributed by atoms with Crippen LogP contribution in [0.1, 0.15) is 43.2 Å². The van der Waals surface area contributed by atoms with E-state index in [2.05, 4.69) is 24.0 Å². The Morgan fingerprint density at radius 1 is 1.27 bits per heavy atom. The van der Waals surface area contributed by atoms with Crippen LogP contribution in [0, 0.1) is 12.8 Å². The maximum absolute atomic E-state index is 11.8. The number of likely N-dealkylation sites (tertiary alicyclic amines) is 1. The summed E-state index contributed by atoms with van der Waals surface area (Å²) in [5.41, 5.74) is 7.67. The molecule has 1 unspecified atom stereocenters. The van der Waals surface area contributed by atoms with Gasteiger partial charge in [0.2, 0.25) is 0 Å². The monoisotopic (exact) mass is 362 g/mol. The van der Waals surface area contributed by atoms with E-state index >= 15 is 0 Å². The topological polar surface area (TPSA) is 107 Å². The zero-order valence-electron chi connectivity index (χ0n) is 15.6. The minimum Gasteiger partial charge on any atom is -0.480 e. The molecule has 26 heavy (non-hydrogen) atoms. The number of aliphatic carboxylic acids is 1. The third kappa shape index (κ3) is 5.54. The highest BCUT2D eigenvalue weighted by atomic mass is 16.4. The van der Waals surface area contributed by atoms with Gasteiger partial charge < -0.3 is 20.9 Å². The lowest BCUT2D eigenvalue weighted by Crippen LogP contribution is -2.56. The summed E-state index contributed by atoms with van der Waals surface area (Å²) >= 11 is 0. The summed E-state index contributed by atoms with van der Waals surface area (Å²) in [6, 6.07) is 8.34. The van der Waals surface area contributed by atoms with Crippen LogP contribution in [0.4, 0.5) is 0 Å². The minimum atomic E-state index is -1.34. The van der Waals surface area contributed by atoms with Gasteiger partial charge in [0.1, 0.15) is 5.54 Å². The first-order valence-corrected chi connectivity index (χ1v) is 9.48. The average Bonchev–Trinajstić information content (AvgIpc) is 2.61. The summed E-state index contributed by atoms with van der Waals surface area (Å²) < 4.78 is 0. The van der Waals surface area contributed by atoms with Gasteiger partial charge in [-0.1, -0.05) is 37.1 Å². The molecule has 1 aliphatic heterocycles. The van der Waals surface area contributed by atoms with Gasteiger partial charge in [-0.2, -0.15) is 0 Å². The van der Waals surface area contributed by atoms with Gasteiger partial charge in [0, 0.05) is 6.54 Å². The molecule has 0 spiro atoms. The molecule has 1 saturated heterocycles. The second kappa shape index (κ2) is 9.51. The van der Waals surface area contributed by atoms with Crippen molar-refractivity contribution in [2.75, 3.05) is 13.1 Å². The molecular formula is C19H31BN2O4. The fraction of sp³-hybridized carbons (Fsp3) is 0.632. The number of hydrogen-bond acceptors (Lipinski definition) is 5. The molecule has 0 aliphatic carbocycles. The summed E-state index contributed by atoms with van der Waals surface area (Å²) in [5.74, 6) is -0.994. The van der Waals surface area contributed by atoms with E-state index in [1.807, 2.05) is 12.1 Å². The van der Waals surface area contributed by atoms with Gasteiger partial charge in [-0.05, 0) is 62.6 Å². The van der Waals surface area contributed by atoms with E-state index in [1.165, 1.54) is 11.1 Å². The molecule has 1 aromatic carbocycles. The molecule has 0 radical (unpaired) electrons. The predicted octanol–water partition coefficient (Wildman–Crippen LogP) is 1.63. The lowest BCUT2D eigenvalue weighted by molar-refractivity contribution is -0.147. The van der Waals surface area contributed by atoms with Crippen molar-refractivity contribution in [1.29, 1.82) is 0 Å². The van der Waals surface area contributed by atoms with E-state index in [0.29, 0.717) is 19.3 Å². The molecule has 0 saturated carbocycles. The first kappa shape index (κ1) is 20.9. The quantitative estimate of drug-likeness (QED) is 0.393. The number of carboxylic acid groups (broad SMARTS) is 1. The molecular weight excluding hydrogens is 331 g/mol. The Hall–Kier alpha value is -1.41. The molecule has 1 atom stereocenters. The third-order valence-electron chi connectivity index (χ3n) is 5.67. The molecule has 1 heterocycles. The number of carboxylic acids is 1. The smallest absolute Gasteiger partial charge is 0.451 e. The highest BCUT2D eigenvalue weighted by Gasteiger charge is 2.42. The molecule has 1 aliphatic rings. The van der Waals surface area contributed by atoms with Crippen LogP contribution in [0.3, 0.4) is 0 Å². The SMILES string of the molecule is Cc1ccccc1CN1CCC(C(N)(CCCCB(O)O)C(=O)O)CC1. The molecule has 2 rings (SSSR count). The molecule has 144 valence electrons. The zero-order valence-corrected chi connectivity index (χ0v) is 15.6. The van der Waals surface area contributed by atoms with Crippen molar-refractivity contribution < 1.29 is 19.9 Å². The molecule has 0 aromatic heterocycles. The number of nitrogens with two attached hydrogens (primary N) is 1. The second-order valence-corrected chi connectivity index (χ2v) is 7.55. The van der Waals surface area contributed by atoms with Crippen molar-refractivity contribution in [3.8, 4) is 0 Å². The summed E-state index contributed by atoms with van der Waals surface area (Å²) in [7, 11) is -1.34. The second-order valence-electron chi connectivity index (χ2n) is 7.55. The lowest BCUT2D eigenvalue weighted by atomic mass is 9.74. The number of carbonyl (C=O) groups is 1. The minimum absolute atomic E-state index is 0.0489. The van der Waals surface area contributed by atoms with Gasteiger partial charge >= 0.3 is 13.1 Å². The third-order valence-corrected chi connectivity index (χ3v) is 5.67. The summed E-state index contributed by atoms with van der Waals surface area (Å²) in [6.07, 6.45) is 3.33. The summed E-state index contributed by atoms with van der Waals surface area (Å²) in [6.45, 7) is 4.69. The predicted molar refractivity (Wildman–Crippen MR) is 103 cm³/mol. The standard InChI is InChI=1S/C19H31BN2O4/c1-15-6-2-3-7-16(15)14-22-12-8-17(9-13-22)19(21,18(23)24)10-4-5-11-20(25)26/h2-3,6-7,17,25-26H,4-5,8-14,21H2,1H3,(H,23,24). The van der Waals surface area contributed by atoms with Gasteiger partial charge in [0.25, 0.3) is 0 Å². The van der Waals surface area contributed by atoms with Crippen molar-refractivity contribution in [3.63, 3.8) is 0 Å². The van der Waals surface area contributed by atoms with E-state index in [1.54, 1.807) is 0 Å². The number of nitrogens with zero attached hydrogens (tertiary/aromatic N) is 1. The zero-order chi connectivity index (χ0) is 19.2. The number of benzene rings is 1. The molecule has 7 heteroatoms. The Morgan fingerprint density at radius 2 is 1.92 bits per heavy atom. The Kier molecular flexibility index (Phi) is 7.64. The number of rotatable bonds is 9. The highest BCUT2D eigenvalue weighted by molar-refractivity contribution is 6.40. The normalized spacial score (nSPS) is 18.5. The summed E-state index contributed by atoms with van der Waals surface area (Å²) in [4.78, 5) is 14.2. The Morgan fingerprint density at radius 3 is 2.50 bits per heavy atom. The van der Waals surface area contributed by atoms with Crippen molar-refractivity contribution in [2.45, 2.75) is 57.4 Å². The van der Waals surface area contributed by atoms with Gasteiger partial charge in [-0.15, -0.1) is 0 Å². The highest BCUT2D eigenvalue weighted by Crippen LogP contribution is 2.32. The van der Waals surface area contributed by atoms with Crippen molar-refractivity contribution in [1.82, 2.24) is 4.90 Å². The largest absolute Gasteiger partial charge is 0.480 e. The lowest BCUT2D eigenvalue weighted by Gasteiger charge is -2.40. The number of hydrogen-bond donors (Lipinski definition) is 4. The summed E-state index contributed by atoms with van der Waals surface area (Å²) in [5, 5.41) is 27.5. The number of piperidine rings is 1. The first-order valence-electron chi connectivity index (χ1n) is 9.48. The maximum atomic E-state index is 11.8. The van der Waals surface area contributed by atoms with E-state index in [4.69, 9.17) is 15.8 Å². The molecule has 6 nitrogen and oxygen atoms in total.